The van der Waals surface area contributed by atoms with Crippen LogP contribution < -0.4 is 5.73 Å². The number of fused-ring (bicyclic) bond motifs is 1. The van der Waals surface area contributed by atoms with E-state index in [-0.39, 0.29) is 23.6 Å². The fraction of sp³-hybridized carbons (Fsp3) is 0.136. The molecule has 0 atom stereocenters. The van der Waals surface area contributed by atoms with E-state index in [9.17, 15) is 13.2 Å². The highest BCUT2D eigenvalue weighted by atomic mass is 19.3. The number of pyridine rings is 1. The van der Waals surface area contributed by atoms with Crippen molar-refractivity contribution in [3.63, 3.8) is 0 Å². The van der Waals surface area contributed by atoms with E-state index in [1.54, 1.807) is 13.1 Å². The first-order valence-corrected chi connectivity index (χ1v) is 9.70. The standard InChI is InChI=1S/C22H18F3N7O/c1-12(13-5-6-17-14(9-13)7-8-28-20(17)26)31-32(27-2)11-16-4-3-15(10-18(16)23)21-29-30-22(33-21)19(24)25/h3-10,19H,2,11H2,1H3,(H2,26,28)/b31-12+. The highest BCUT2D eigenvalue weighted by Gasteiger charge is 2.18. The predicted molar refractivity (Wildman–Crippen MR) is 118 cm³/mol. The molecular weight excluding hydrogens is 435 g/mol. The Morgan fingerprint density at radius 3 is 2.70 bits per heavy atom. The average Bonchev–Trinajstić information content (AvgIpc) is 3.30. The Hall–Kier alpha value is -4.28. The van der Waals surface area contributed by atoms with Gasteiger partial charge in [0.15, 0.2) is 0 Å². The van der Waals surface area contributed by atoms with Gasteiger partial charge in [-0.3, -0.25) is 0 Å². The quantitative estimate of drug-likeness (QED) is 0.319. The Morgan fingerprint density at radius 1 is 1.18 bits per heavy atom. The molecule has 33 heavy (non-hydrogen) atoms. The second-order valence-electron chi connectivity index (χ2n) is 7.04. The fourth-order valence-corrected chi connectivity index (χ4v) is 3.17. The van der Waals surface area contributed by atoms with Crippen molar-refractivity contribution in [1.29, 1.82) is 0 Å². The van der Waals surface area contributed by atoms with Gasteiger partial charge in [0, 0.05) is 29.4 Å². The predicted octanol–water partition coefficient (Wildman–Crippen LogP) is 4.79. The molecule has 168 valence electrons. The molecule has 0 bridgehead atoms. The molecule has 0 aliphatic rings. The van der Waals surface area contributed by atoms with E-state index in [1.807, 2.05) is 24.3 Å². The zero-order valence-corrected chi connectivity index (χ0v) is 17.4. The monoisotopic (exact) mass is 453 g/mol. The van der Waals surface area contributed by atoms with E-state index in [2.05, 4.69) is 32.1 Å². The maximum absolute atomic E-state index is 14.7. The van der Waals surface area contributed by atoms with Crippen molar-refractivity contribution in [1.82, 2.24) is 20.3 Å². The Labute approximate surface area is 186 Å². The Morgan fingerprint density at radius 2 is 2.00 bits per heavy atom. The van der Waals surface area contributed by atoms with Crippen molar-refractivity contribution in [2.75, 3.05) is 5.73 Å². The van der Waals surface area contributed by atoms with Gasteiger partial charge in [-0.1, -0.05) is 18.2 Å². The number of hydrazone groups is 2. The van der Waals surface area contributed by atoms with Gasteiger partial charge in [0.05, 0.1) is 12.3 Å². The zero-order chi connectivity index (χ0) is 23.5. The number of rotatable bonds is 7. The maximum Gasteiger partial charge on any atom is 0.314 e. The highest BCUT2D eigenvalue weighted by Crippen LogP contribution is 2.25. The van der Waals surface area contributed by atoms with Crippen LogP contribution in [0.5, 0.6) is 0 Å². The van der Waals surface area contributed by atoms with E-state index >= 15 is 0 Å². The van der Waals surface area contributed by atoms with Crippen molar-refractivity contribution in [3.8, 4) is 11.5 Å². The molecular formula is C22H18F3N7O. The summed E-state index contributed by atoms with van der Waals surface area (Å²) in [4.78, 5) is 4.07. The van der Waals surface area contributed by atoms with E-state index in [1.165, 1.54) is 17.3 Å². The number of nitrogen functional groups attached to an aromatic ring is 1. The number of anilines is 1. The average molecular weight is 453 g/mol. The first-order valence-electron chi connectivity index (χ1n) is 9.70. The lowest BCUT2D eigenvalue weighted by Gasteiger charge is -2.15. The summed E-state index contributed by atoms with van der Waals surface area (Å²) in [5.41, 5.74) is 7.78. The normalized spacial score (nSPS) is 11.8. The van der Waals surface area contributed by atoms with E-state index in [0.717, 1.165) is 22.4 Å². The van der Waals surface area contributed by atoms with Gasteiger partial charge in [-0.25, -0.2) is 9.37 Å². The minimum absolute atomic E-state index is 0.0104. The largest absolute Gasteiger partial charge is 0.415 e. The highest BCUT2D eigenvalue weighted by molar-refractivity contribution is 6.03. The zero-order valence-electron chi connectivity index (χ0n) is 17.4. The molecule has 0 spiro atoms. The second-order valence-corrected chi connectivity index (χ2v) is 7.04. The summed E-state index contributed by atoms with van der Waals surface area (Å²) in [5.74, 6) is -1.20. The number of hydrogen-bond acceptors (Lipinski definition) is 8. The van der Waals surface area contributed by atoms with Gasteiger partial charge >= 0.3 is 6.43 Å². The molecule has 0 unspecified atom stereocenters. The van der Waals surface area contributed by atoms with Crippen molar-refractivity contribution in [2.24, 2.45) is 10.2 Å². The first kappa shape index (κ1) is 21.9. The number of alkyl halides is 2. The lowest BCUT2D eigenvalue weighted by atomic mass is 10.1. The molecule has 8 nitrogen and oxygen atoms in total. The minimum atomic E-state index is -2.90. The summed E-state index contributed by atoms with van der Waals surface area (Å²) in [5, 5.41) is 18.0. The van der Waals surface area contributed by atoms with Crippen LogP contribution in [0.15, 0.2) is 63.3 Å². The summed E-state index contributed by atoms with van der Waals surface area (Å²) in [6, 6.07) is 11.5. The summed E-state index contributed by atoms with van der Waals surface area (Å²) >= 11 is 0. The van der Waals surface area contributed by atoms with Gasteiger partial charge in [-0.2, -0.15) is 24.1 Å². The lowest BCUT2D eigenvalue weighted by molar-refractivity contribution is 0.116. The van der Waals surface area contributed by atoms with E-state index < -0.39 is 18.1 Å². The Kier molecular flexibility index (Phi) is 6.03. The van der Waals surface area contributed by atoms with Crippen LogP contribution in [0.4, 0.5) is 19.0 Å². The molecule has 0 fully saturated rings. The molecule has 11 heteroatoms. The Balaban J connectivity index is 1.54. The van der Waals surface area contributed by atoms with Crippen molar-refractivity contribution in [2.45, 2.75) is 19.9 Å². The third kappa shape index (κ3) is 4.66. The molecule has 0 aliphatic heterocycles. The van der Waals surface area contributed by atoms with Crippen LogP contribution in [-0.4, -0.2) is 32.7 Å². The molecule has 2 heterocycles. The van der Waals surface area contributed by atoms with Gasteiger partial charge in [-0.05, 0) is 42.1 Å². The molecule has 2 N–H and O–H groups in total. The Bertz CT molecular complexity index is 1350. The third-order valence-electron chi connectivity index (χ3n) is 4.88. The number of aromatic nitrogens is 3. The van der Waals surface area contributed by atoms with Crippen molar-refractivity contribution in [3.05, 3.63) is 71.5 Å². The molecule has 4 aromatic rings. The smallest absolute Gasteiger partial charge is 0.314 e. The molecule has 2 aromatic heterocycles. The van der Waals surface area contributed by atoms with Gasteiger partial charge in [0.2, 0.25) is 5.89 Å². The SMILES string of the molecule is C=NN(Cc1ccc(-c2nnc(C(F)F)o2)cc1F)/N=C(\C)c1ccc2c(N)nccc2c1. The molecule has 2 aromatic carbocycles. The van der Waals surface area contributed by atoms with Crippen LogP contribution in [0, 0.1) is 5.82 Å². The summed E-state index contributed by atoms with van der Waals surface area (Å²) in [6.45, 7) is 5.28. The van der Waals surface area contributed by atoms with Crippen LogP contribution >= 0.6 is 0 Å². The van der Waals surface area contributed by atoms with Crippen molar-refractivity contribution >= 4 is 29.0 Å². The van der Waals surface area contributed by atoms with E-state index in [4.69, 9.17) is 10.2 Å². The number of benzene rings is 2. The topological polar surface area (TPSA) is 106 Å². The van der Waals surface area contributed by atoms with E-state index in [0.29, 0.717) is 11.5 Å². The number of halogens is 3. The number of hydrogen-bond donors (Lipinski definition) is 1. The second kappa shape index (κ2) is 9.07. The summed E-state index contributed by atoms with van der Waals surface area (Å²) < 4.78 is 44.8. The molecule has 0 aliphatic carbocycles. The number of nitrogens with zero attached hydrogens (tertiary/aromatic N) is 6. The van der Waals surface area contributed by atoms with Crippen LogP contribution in [0.2, 0.25) is 0 Å². The summed E-state index contributed by atoms with van der Waals surface area (Å²) in [7, 11) is 0. The van der Waals surface area contributed by atoms with Gasteiger partial charge < -0.3 is 10.2 Å². The van der Waals surface area contributed by atoms with Gasteiger partial charge in [-0.15, -0.1) is 10.2 Å². The van der Waals surface area contributed by atoms with Crippen LogP contribution in [0.1, 0.15) is 30.4 Å². The molecule has 0 radical (unpaired) electrons. The fourth-order valence-electron chi connectivity index (χ4n) is 3.17. The minimum Gasteiger partial charge on any atom is -0.415 e. The molecule has 0 saturated carbocycles. The molecule has 4 rings (SSSR count). The van der Waals surface area contributed by atoms with Crippen molar-refractivity contribution < 1.29 is 17.6 Å². The molecule has 0 saturated heterocycles. The van der Waals surface area contributed by atoms with Gasteiger partial charge in [0.1, 0.15) is 11.6 Å². The third-order valence-corrected chi connectivity index (χ3v) is 4.88. The van der Waals surface area contributed by atoms with Crippen LogP contribution in [-0.2, 0) is 6.54 Å². The first-order chi connectivity index (χ1) is 15.9. The van der Waals surface area contributed by atoms with Crippen LogP contribution in [0.25, 0.3) is 22.2 Å². The van der Waals surface area contributed by atoms with Gasteiger partial charge in [0.25, 0.3) is 5.89 Å². The van der Waals surface area contributed by atoms with Crippen LogP contribution in [0.3, 0.4) is 0 Å². The maximum atomic E-state index is 14.7. The summed E-state index contributed by atoms with van der Waals surface area (Å²) in [6.07, 6.45) is -1.28. The molecule has 0 amide bonds. The lowest BCUT2D eigenvalue weighted by Crippen LogP contribution is -2.13. The number of nitrogens with two attached hydrogens (primary N) is 1.